The second-order valence-corrected chi connectivity index (χ2v) is 5.29. The maximum absolute atomic E-state index is 4.46. The van der Waals surface area contributed by atoms with Crippen LogP contribution < -0.4 is 5.32 Å². The highest BCUT2D eigenvalue weighted by atomic mass is 79.9. The Morgan fingerprint density at radius 1 is 1.33 bits per heavy atom. The number of nitrogens with one attached hydrogen (secondary N) is 1. The molecular formula is C12H19BrN2. The summed E-state index contributed by atoms with van der Waals surface area (Å²) in [5.74, 6) is 1.67. The number of pyridine rings is 1. The summed E-state index contributed by atoms with van der Waals surface area (Å²) in [5.41, 5.74) is 1.02. The van der Waals surface area contributed by atoms with Gasteiger partial charge in [-0.3, -0.25) is 0 Å². The largest absolute Gasteiger partial charge is 0.368 e. The van der Waals surface area contributed by atoms with Crippen molar-refractivity contribution in [1.82, 2.24) is 4.98 Å². The zero-order valence-electron chi connectivity index (χ0n) is 9.84. The number of hydrogen-bond acceptors (Lipinski definition) is 2. The first-order chi connectivity index (χ1) is 6.99. The smallest absolute Gasteiger partial charge is 0.126 e. The number of anilines is 1. The van der Waals surface area contributed by atoms with E-state index in [1.165, 1.54) is 0 Å². The van der Waals surface area contributed by atoms with Crippen molar-refractivity contribution >= 4 is 21.7 Å². The van der Waals surface area contributed by atoms with Crippen molar-refractivity contribution in [1.29, 1.82) is 0 Å². The fourth-order valence-electron chi connectivity index (χ4n) is 1.64. The second-order valence-electron chi connectivity index (χ2n) is 4.44. The molecule has 2 nitrogen and oxygen atoms in total. The SMILES string of the molecule is Cc1nc(NC(C)CC(C)C)ccc1Br. The van der Waals surface area contributed by atoms with Gasteiger partial charge in [0.15, 0.2) is 0 Å². The Kier molecular flexibility index (Phi) is 4.58. The molecule has 0 saturated heterocycles. The third-order valence-corrected chi connectivity index (χ3v) is 3.08. The minimum Gasteiger partial charge on any atom is -0.368 e. The Morgan fingerprint density at radius 3 is 2.53 bits per heavy atom. The van der Waals surface area contributed by atoms with E-state index < -0.39 is 0 Å². The third kappa shape index (κ3) is 4.20. The van der Waals surface area contributed by atoms with Gasteiger partial charge in [0.1, 0.15) is 5.82 Å². The minimum absolute atomic E-state index is 0.470. The molecule has 0 saturated carbocycles. The van der Waals surface area contributed by atoms with Gasteiger partial charge in [0, 0.05) is 10.5 Å². The van der Waals surface area contributed by atoms with Crippen molar-refractivity contribution in [3.8, 4) is 0 Å². The summed E-state index contributed by atoms with van der Waals surface area (Å²) < 4.78 is 1.06. The molecule has 1 N–H and O–H groups in total. The zero-order valence-corrected chi connectivity index (χ0v) is 11.4. The van der Waals surface area contributed by atoms with Crippen molar-refractivity contribution < 1.29 is 0 Å². The summed E-state index contributed by atoms with van der Waals surface area (Å²) in [6.45, 7) is 8.66. The number of hydrogen-bond donors (Lipinski definition) is 1. The molecule has 1 unspecified atom stereocenters. The van der Waals surface area contributed by atoms with E-state index in [1.54, 1.807) is 0 Å². The Balaban J connectivity index is 2.60. The first-order valence-electron chi connectivity index (χ1n) is 5.38. The molecule has 1 atom stereocenters. The summed E-state index contributed by atoms with van der Waals surface area (Å²) in [4.78, 5) is 4.46. The number of aromatic nitrogens is 1. The van der Waals surface area contributed by atoms with E-state index in [1.807, 2.05) is 19.1 Å². The molecule has 84 valence electrons. The molecule has 1 aromatic rings. The fraction of sp³-hybridized carbons (Fsp3) is 0.583. The monoisotopic (exact) mass is 270 g/mol. The maximum atomic E-state index is 4.46. The van der Waals surface area contributed by atoms with E-state index in [2.05, 4.69) is 47.0 Å². The van der Waals surface area contributed by atoms with Crippen LogP contribution in [0.1, 0.15) is 32.9 Å². The Labute approximate surface area is 101 Å². The highest BCUT2D eigenvalue weighted by Crippen LogP contribution is 2.17. The van der Waals surface area contributed by atoms with Crippen molar-refractivity contribution in [2.24, 2.45) is 5.92 Å². The van der Waals surface area contributed by atoms with Gasteiger partial charge in [0.25, 0.3) is 0 Å². The minimum atomic E-state index is 0.470. The molecule has 1 aromatic heterocycles. The number of rotatable bonds is 4. The summed E-state index contributed by atoms with van der Waals surface area (Å²) in [7, 11) is 0. The normalized spacial score (nSPS) is 12.9. The van der Waals surface area contributed by atoms with Crippen molar-refractivity contribution in [2.45, 2.75) is 40.2 Å². The van der Waals surface area contributed by atoms with Gasteiger partial charge in [-0.2, -0.15) is 0 Å². The van der Waals surface area contributed by atoms with Crippen LogP contribution in [0.2, 0.25) is 0 Å². The van der Waals surface area contributed by atoms with E-state index in [4.69, 9.17) is 0 Å². The zero-order chi connectivity index (χ0) is 11.4. The highest BCUT2D eigenvalue weighted by Gasteiger charge is 2.06. The Bertz CT molecular complexity index is 323. The summed E-state index contributed by atoms with van der Waals surface area (Å²) in [5, 5.41) is 3.41. The standard InChI is InChI=1S/C12H19BrN2/c1-8(2)7-9(3)14-12-6-5-11(13)10(4)15-12/h5-6,8-9H,7H2,1-4H3,(H,14,15). The van der Waals surface area contributed by atoms with Crippen LogP contribution in [0.5, 0.6) is 0 Å². The van der Waals surface area contributed by atoms with E-state index in [9.17, 15) is 0 Å². The van der Waals surface area contributed by atoms with Gasteiger partial charge in [-0.1, -0.05) is 13.8 Å². The van der Waals surface area contributed by atoms with Crippen LogP contribution in [0.3, 0.4) is 0 Å². The van der Waals surface area contributed by atoms with Crippen LogP contribution in [0.15, 0.2) is 16.6 Å². The molecule has 0 aliphatic carbocycles. The van der Waals surface area contributed by atoms with Crippen molar-refractivity contribution in [3.05, 3.63) is 22.3 Å². The molecule has 1 rings (SSSR count). The summed E-state index contributed by atoms with van der Waals surface area (Å²) in [6, 6.07) is 4.51. The molecule has 0 amide bonds. The van der Waals surface area contributed by atoms with Gasteiger partial charge >= 0.3 is 0 Å². The molecule has 0 spiro atoms. The molecule has 3 heteroatoms. The van der Waals surface area contributed by atoms with E-state index in [0.29, 0.717) is 12.0 Å². The predicted molar refractivity (Wildman–Crippen MR) is 69.2 cm³/mol. The van der Waals surface area contributed by atoms with Crippen LogP contribution in [0.4, 0.5) is 5.82 Å². The predicted octanol–water partition coefficient (Wildman–Crippen LogP) is 4.00. The van der Waals surface area contributed by atoms with Crippen LogP contribution >= 0.6 is 15.9 Å². The fourth-order valence-corrected chi connectivity index (χ4v) is 1.86. The number of nitrogens with zero attached hydrogens (tertiary/aromatic N) is 1. The summed E-state index contributed by atoms with van der Waals surface area (Å²) >= 11 is 3.45. The first-order valence-corrected chi connectivity index (χ1v) is 6.18. The second kappa shape index (κ2) is 5.50. The molecule has 0 fully saturated rings. The molecule has 0 aliphatic heterocycles. The molecular weight excluding hydrogens is 252 g/mol. The lowest BCUT2D eigenvalue weighted by molar-refractivity contribution is 0.539. The van der Waals surface area contributed by atoms with E-state index in [0.717, 1.165) is 22.4 Å². The number of halogens is 1. The van der Waals surface area contributed by atoms with Gasteiger partial charge in [-0.25, -0.2) is 4.98 Å². The number of aryl methyl sites for hydroxylation is 1. The lowest BCUT2D eigenvalue weighted by atomic mass is 10.1. The molecule has 15 heavy (non-hydrogen) atoms. The average Bonchev–Trinajstić information content (AvgIpc) is 2.10. The quantitative estimate of drug-likeness (QED) is 0.895. The van der Waals surface area contributed by atoms with Crippen LogP contribution in [0.25, 0.3) is 0 Å². The van der Waals surface area contributed by atoms with E-state index in [-0.39, 0.29) is 0 Å². The average molecular weight is 271 g/mol. The Hall–Kier alpha value is -0.570. The Morgan fingerprint density at radius 2 is 2.00 bits per heavy atom. The van der Waals surface area contributed by atoms with Crippen molar-refractivity contribution in [3.63, 3.8) is 0 Å². The lowest BCUT2D eigenvalue weighted by Gasteiger charge is -2.16. The van der Waals surface area contributed by atoms with Crippen molar-refractivity contribution in [2.75, 3.05) is 5.32 Å². The van der Waals surface area contributed by atoms with Gasteiger partial charge in [0.05, 0.1) is 5.69 Å². The molecule has 0 aliphatic rings. The third-order valence-electron chi connectivity index (χ3n) is 2.24. The highest BCUT2D eigenvalue weighted by molar-refractivity contribution is 9.10. The molecule has 0 bridgehead atoms. The van der Waals surface area contributed by atoms with Gasteiger partial charge < -0.3 is 5.32 Å². The lowest BCUT2D eigenvalue weighted by Crippen LogP contribution is -2.18. The van der Waals surface area contributed by atoms with Gasteiger partial charge in [0.2, 0.25) is 0 Å². The van der Waals surface area contributed by atoms with E-state index >= 15 is 0 Å². The summed E-state index contributed by atoms with van der Waals surface area (Å²) in [6.07, 6.45) is 1.16. The van der Waals surface area contributed by atoms with Crippen LogP contribution in [-0.4, -0.2) is 11.0 Å². The maximum Gasteiger partial charge on any atom is 0.126 e. The van der Waals surface area contributed by atoms with Crippen LogP contribution in [0, 0.1) is 12.8 Å². The van der Waals surface area contributed by atoms with Gasteiger partial charge in [-0.05, 0) is 54.2 Å². The molecule has 0 aromatic carbocycles. The molecule has 1 heterocycles. The first kappa shape index (κ1) is 12.5. The molecule has 0 radical (unpaired) electrons. The topological polar surface area (TPSA) is 24.9 Å². The van der Waals surface area contributed by atoms with Crippen LogP contribution in [-0.2, 0) is 0 Å². The van der Waals surface area contributed by atoms with Gasteiger partial charge in [-0.15, -0.1) is 0 Å².